The number of nitrogens with zero attached hydrogens (tertiary/aromatic N) is 5. The molecule has 0 saturated carbocycles. The number of para-hydroxylation sites is 1. The van der Waals surface area contributed by atoms with Gasteiger partial charge in [-0.25, -0.2) is 15.0 Å². The van der Waals surface area contributed by atoms with Gasteiger partial charge in [0.1, 0.15) is 11.5 Å². The number of piperidine rings is 1. The maximum absolute atomic E-state index is 13.2. The molecule has 0 bridgehead atoms. The first-order valence-electron chi connectivity index (χ1n) is 10.2. The van der Waals surface area contributed by atoms with Gasteiger partial charge in [-0.1, -0.05) is 18.2 Å². The highest BCUT2D eigenvalue weighted by atomic mass is 16.2. The number of hydrogen-bond acceptors (Lipinski definition) is 5. The Morgan fingerprint density at radius 3 is 2.93 bits per heavy atom. The summed E-state index contributed by atoms with van der Waals surface area (Å²) in [6, 6.07) is 11.8. The number of hydrogen-bond donors (Lipinski definition) is 1. The highest BCUT2D eigenvalue weighted by Crippen LogP contribution is 2.28. The van der Waals surface area contributed by atoms with Crippen LogP contribution in [-0.2, 0) is 0 Å². The fraction of sp³-hybridized carbons (Fsp3) is 0.261. The van der Waals surface area contributed by atoms with E-state index in [9.17, 15) is 4.79 Å². The van der Waals surface area contributed by atoms with Crippen molar-refractivity contribution >= 4 is 16.8 Å². The summed E-state index contributed by atoms with van der Waals surface area (Å²) in [5.74, 6) is 1.63. The van der Waals surface area contributed by atoms with Crippen LogP contribution in [0.4, 0.5) is 0 Å². The number of pyridine rings is 1. The fourth-order valence-electron chi connectivity index (χ4n) is 4.10. The zero-order valence-corrected chi connectivity index (χ0v) is 16.7. The van der Waals surface area contributed by atoms with Gasteiger partial charge >= 0.3 is 0 Å². The molecule has 3 aromatic heterocycles. The van der Waals surface area contributed by atoms with Crippen LogP contribution in [0.3, 0.4) is 0 Å². The van der Waals surface area contributed by atoms with Crippen LogP contribution >= 0.6 is 0 Å². The van der Waals surface area contributed by atoms with E-state index < -0.39 is 0 Å². The molecule has 1 aliphatic rings. The first-order chi connectivity index (χ1) is 14.7. The highest BCUT2D eigenvalue weighted by molar-refractivity contribution is 5.97. The molecular formula is C23H22N6O. The molecule has 1 aromatic carbocycles. The topological polar surface area (TPSA) is 87.7 Å². The van der Waals surface area contributed by atoms with Crippen LogP contribution in [0, 0.1) is 6.92 Å². The second-order valence-corrected chi connectivity index (χ2v) is 7.67. The average Bonchev–Trinajstić information content (AvgIpc) is 3.33. The number of rotatable bonds is 3. The molecule has 1 aliphatic heterocycles. The molecule has 0 unspecified atom stereocenters. The number of nitrogens with one attached hydrogen (secondary N) is 1. The van der Waals surface area contributed by atoms with Crippen LogP contribution in [0.25, 0.3) is 22.4 Å². The predicted octanol–water partition coefficient (Wildman–Crippen LogP) is 3.74. The van der Waals surface area contributed by atoms with E-state index in [4.69, 9.17) is 0 Å². The number of imidazole rings is 1. The lowest BCUT2D eigenvalue weighted by atomic mass is 9.93. The van der Waals surface area contributed by atoms with E-state index in [1.165, 1.54) is 0 Å². The Morgan fingerprint density at radius 1 is 1.17 bits per heavy atom. The lowest BCUT2D eigenvalue weighted by Gasteiger charge is -2.32. The van der Waals surface area contributed by atoms with Gasteiger partial charge in [0.15, 0.2) is 5.82 Å². The van der Waals surface area contributed by atoms with Gasteiger partial charge in [0.25, 0.3) is 5.91 Å². The first-order valence-corrected chi connectivity index (χ1v) is 10.2. The summed E-state index contributed by atoms with van der Waals surface area (Å²) in [6.07, 6.45) is 7.11. The summed E-state index contributed by atoms with van der Waals surface area (Å²) in [5.41, 5.74) is 3.27. The average molecular weight is 398 g/mol. The molecule has 0 radical (unpaired) electrons. The fourth-order valence-corrected chi connectivity index (χ4v) is 4.10. The van der Waals surface area contributed by atoms with Gasteiger partial charge in [-0.05, 0) is 38.0 Å². The first kappa shape index (κ1) is 18.4. The molecule has 4 aromatic rings. The SMILES string of the molecule is Cc1nc(-c2ncc[nH]2)cc([C@@H]2CCCN(C(=O)c3cnc4ccccc4c3)C2)n1. The molecule has 5 rings (SSSR count). The maximum Gasteiger partial charge on any atom is 0.255 e. The van der Waals surface area contributed by atoms with Crippen molar-refractivity contribution < 1.29 is 4.79 Å². The Morgan fingerprint density at radius 2 is 2.07 bits per heavy atom. The molecular weight excluding hydrogens is 376 g/mol. The molecule has 4 heterocycles. The molecule has 30 heavy (non-hydrogen) atoms. The largest absolute Gasteiger partial charge is 0.343 e. The third-order valence-electron chi connectivity index (χ3n) is 5.56. The molecule has 0 aliphatic carbocycles. The minimum Gasteiger partial charge on any atom is -0.343 e. The Balaban J connectivity index is 1.40. The van der Waals surface area contributed by atoms with Gasteiger partial charge in [-0.3, -0.25) is 9.78 Å². The normalized spacial score (nSPS) is 16.7. The van der Waals surface area contributed by atoms with E-state index in [1.54, 1.807) is 18.6 Å². The maximum atomic E-state index is 13.2. The van der Waals surface area contributed by atoms with Crippen LogP contribution in [0.2, 0.25) is 0 Å². The monoisotopic (exact) mass is 398 g/mol. The minimum atomic E-state index is 0.0231. The van der Waals surface area contributed by atoms with Crippen molar-refractivity contribution in [3.8, 4) is 11.5 Å². The van der Waals surface area contributed by atoms with Gasteiger partial charge in [0.2, 0.25) is 0 Å². The van der Waals surface area contributed by atoms with Crippen LogP contribution in [-0.4, -0.2) is 48.8 Å². The Hall–Kier alpha value is -3.61. The molecule has 150 valence electrons. The lowest BCUT2D eigenvalue weighted by molar-refractivity contribution is 0.0705. The van der Waals surface area contributed by atoms with E-state index in [0.29, 0.717) is 17.9 Å². The summed E-state index contributed by atoms with van der Waals surface area (Å²) in [6.45, 7) is 3.28. The molecule has 7 nitrogen and oxygen atoms in total. The summed E-state index contributed by atoms with van der Waals surface area (Å²) >= 11 is 0. The number of H-pyrrole nitrogens is 1. The Bertz CT molecular complexity index is 1200. The van der Waals surface area contributed by atoms with Crippen molar-refractivity contribution in [3.63, 3.8) is 0 Å². The van der Waals surface area contributed by atoms with E-state index in [-0.39, 0.29) is 11.8 Å². The molecule has 1 fully saturated rings. The van der Waals surface area contributed by atoms with Gasteiger partial charge < -0.3 is 9.88 Å². The number of amides is 1. The zero-order chi connectivity index (χ0) is 20.5. The molecule has 1 saturated heterocycles. The zero-order valence-electron chi connectivity index (χ0n) is 16.7. The van der Waals surface area contributed by atoms with Gasteiger partial charge in [0, 0.05) is 48.7 Å². The molecule has 1 amide bonds. The van der Waals surface area contributed by atoms with E-state index in [2.05, 4.69) is 24.9 Å². The quantitative estimate of drug-likeness (QED) is 0.568. The third-order valence-corrected chi connectivity index (χ3v) is 5.56. The number of carbonyl (C=O) groups excluding carboxylic acids is 1. The van der Waals surface area contributed by atoms with Crippen molar-refractivity contribution in [3.05, 3.63) is 72.1 Å². The number of aromatic nitrogens is 5. The predicted molar refractivity (Wildman–Crippen MR) is 114 cm³/mol. The summed E-state index contributed by atoms with van der Waals surface area (Å²) in [7, 11) is 0. The minimum absolute atomic E-state index is 0.0231. The number of aryl methyl sites for hydroxylation is 1. The Kier molecular flexibility index (Phi) is 4.71. The second-order valence-electron chi connectivity index (χ2n) is 7.67. The molecule has 1 atom stereocenters. The number of carbonyl (C=O) groups is 1. The van der Waals surface area contributed by atoms with Crippen LogP contribution in [0.1, 0.15) is 40.6 Å². The highest BCUT2D eigenvalue weighted by Gasteiger charge is 2.27. The van der Waals surface area contributed by atoms with E-state index in [1.807, 2.05) is 48.2 Å². The third kappa shape index (κ3) is 3.54. The van der Waals surface area contributed by atoms with Crippen molar-refractivity contribution in [2.75, 3.05) is 13.1 Å². The summed E-state index contributed by atoms with van der Waals surface area (Å²) in [5, 5.41) is 0.978. The van der Waals surface area contributed by atoms with Crippen molar-refractivity contribution in [1.29, 1.82) is 0 Å². The van der Waals surface area contributed by atoms with Gasteiger partial charge in [0.05, 0.1) is 11.1 Å². The van der Waals surface area contributed by atoms with Gasteiger partial charge in [-0.15, -0.1) is 0 Å². The lowest BCUT2D eigenvalue weighted by Crippen LogP contribution is -2.39. The molecule has 1 N–H and O–H groups in total. The smallest absolute Gasteiger partial charge is 0.255 e. The number of fused-ring (bicyclic) bond motifs is 1. The van der Waals surface area contributed by atoms with E-state index >= 15 is 0 Å². The Labute approximate surface area is 174 Å². The van der Waals surface area contributed by atoms with Crippen molar-refractivity contribution in [2.24, 2.45) is 0 Å². The van der Waals surface area contributed by atoms with Crippen LogP contribution in [0.5, 0.6) is 0 Å². The van der Waals surface area contributed by atoms with Crippen molar-refractivity contribution in [1.82, 2.24) is 29.8 Å². The summed E-state index contributed by atoms with van der Waals surface area (Å²) in [4.78, 5) is 36.1. The standard InChI is InChI=1S/C23H22N6O/c1-15-27-20(12-21(28-15)22-24-8-9-25-22)17-6-4-10-29(14-17)23(30)18-11-16-5-2-3-7-19(16)26-13-18/h2-3,5,7-9,11-13,17H,4,6,10,14H2,1H3,(H,24,25)/t17-/m1/s1. The molecule has 7 heteroatoms. The summed E-state index contributed by atoms with van der Waals surface area (Å²) < 4.78 is 0. The number of aromatic amines is 1. The second kappa shape index (κ2) is 7.67. The van der Waals surface area contributed by atoms with Gasteiger partial charge in [-0.2, -0.15) is 0 Å². The number of benzene rings is 1. The molecule has 0 spiro atoms. The van der Waals surface area contributed by atoms with Crippen LogP contribution in [0.15, 0.2) is 55.0 Å². The number of likely N-dealkylation sites (tertiary alicyclic amines) is 1. The van der Waals surface area contributed by atoms with E-state index in [0.717, 1.165) is 47.5 Å². The van der Waals surface area contributed by atoms with Crippen molar-refractivity contribution in [2.45, 2.75) is 25.7 Å². The van der Waals surface area contributed by atoms with Crippen LogP contribution < -0.4 is 0 Å².